The molecule has 4 amide bonds. The van der Waals surface area contributed by atoms with Crippen LogP contribution in [-0.2, 0) is 30.4 Å². The molecule has 206 valence electrons. The van der Waals surface area contributed by atoms with Crippen molar-refractivity contribution in [2.24, 2.45) is 27.9 Å². The van der Waals surface area contributed by atoms with Crippen molar-refractivity contribution in [2.75, 3.05) is 13.1 Å². The molecule has 3 unspecified atom stereocenters. The number of aliphatic carboxylic acids is 1. The number of carboxylic acid groups (broad SMARTS) is 1. The number of rotatable bonds is 15. The second-order valence-electron chi connectivity index (χ2n) is 8.52. The normalized spacial score (nSPS) is 13.1. The van der Waals surface area contributed by atoms with Crippen molar-refractivity contribution >= 4 is 46.5 Å². The Hall–Kier alpha value is -4.66. The first-order chi connectivity index (χ1) is 18.0. The number of aliphatic imine (C=N–C) groups is 1. The van der Waals surface area contributed by atoms with E-state index in [-0.39, 0.29) is 31.8 Å². The number of nitrogens with one attached hydrogen (secondary N) is 4. The summed E-state index contributed by atoms with van der Waals surface area (Å²) in [6.45, 7) is -0.493. The molecule has 3 atom stereocenters. The zero-order chi connectivity index (χ0) is 28.2. The first kappa shape index (κ1) is 29.6. The summed E-state index contributed by atoms with van der Waals surface area (Å²) in [5.41, 5.74) is 22.9. The van der Waals surface area contributed by atoms with Gasteiger partial charge >= 0.3 is 5.97 Å². The molecule has 13 N–H and O–H groups in total. The van der Waals surface area contributed by atoms with E-state index in [9.17, 15) is 24.0 Å². The molecule has 1 aromatic heterocycles. The molecular formula is C23H33N9O6. The molecule has 0 saturated carbocycles. The zero-order valence-corrected chi connectivity index (χ0v) is 20.6. The number of nitrogens with zero attached hydrogens (tertiary/aromatic N) is 1. The quantitative estimate of drug-likeness (QED) is 0.0648. The summed E-state index contributed by atoms with van der Waals surface area (Å²) in [6, 6.07) is 3.68. The number of aromatic nitrogens is 1. The molecular weight excluding hydrogens is 498 g/mol. The van der Waals surface area contributed by atoms with Gasteiger partial charge in [0.15, 0.2) is 5.96 Å². The van der Waals surface area contributed by atoms with Gasteiger partial charge in [-0.2, -0.15) is 0 Å². The molecule has 0 saturated heterocycles. The highest BCUT2D eigenvalue weighted by molar-refractivity contribution is 5.95. The number of fused-ring (bicyclic) bond motifs is 1. The van der Waals surface area contributed by atoms with Crippen LogP contribution < -0.4 is 38.9 Å². The molecule has 38 heavy (non-hydrogen) atoms. The molecule has 1 aromatic carbocycles. The van der Waals surface area contributed by atoms with Gasteiger partial charge in [-0.15, -0.1) is 0 Å². The number of hydrogen-bond acceptors (Lipinski definition) is 7. The number of amides is 4. The van der Waals surface area contributed by atoms with Crippen molar-refractivity contribution in [3.63, 3.8) is 0 Å². The van der Waals surface area contributed by atoms with Gasteiger partial charge < -0.3 is 49.0 Å². The van der Waals surface area contributed by atoms with E-state index in [0.717, 1.165) is 10.9 Å². The van der Waals surface area contributed by atoms with E-state index >= 15 is 0 Å². The highest BCUT2D eigenvalue weighted by Gasteiger charge is 2.29. The molecule has 0 spiro atoms. The lowest BCUT2D eigenvalue weighted by Crippen LogP contribution is -2.56. The standard InChI is InChI=1S/C23H33N9O6/c24-14(9-18(25)33)20(36)31-16(6-3-7-28-23(26)27)22(38)32-17(21(37)30-11-19(34)35)8-12-10-29-15-5-2-1-4-13(12)15/h1-2,4-5,10,14,16-17,29H,3,6-9,11,24H2,(H2,25,33)(H,30,37)(H,31,36)(H,32,38)(H,34,35)(H4,26,27,28). The lowest BCUT2D eigenvalue weighted by Gasteiger charge is -2.24. The van der Waals surface area contributed by atoms with Crippen LogP contribution in [0.4, 0.5) is 0 Å². The van der Waals surface area contributed by atoms with E-state index in [4.69, 9.17) is 28.0 Å². The lowest BCUT2D eigenvalue weighted by molar-refractivity contribution is -0.138. The number of para-hydroxylation sites is 1. The predicted molar refractivity (Wildman–Crippen MR) is 138 cm³/mol. The maximum absolute atomic E-state index is 13.2. The van der Waals surface area contributed by atoms with Gasteiger partial charge in [0.2, 0.25) is 23.6 Å². The second kappa shape index (κ2) is 14.2. The van der Waals surface area contributed by atoms with Crippen LogP contribution in [-0.4, -0.2) is 76.9 Å². The van der Waals surface area contributed by atoms with Crippen LogP contribution in [0.25, 0.3) is 10.9 Å². The van der Waals surface area contributed by atoms with Crippen molar-refractivity contribution in [2.45, 2.75) is 43.8 Å². The van der Waals surface area contributed by atoms with E-state index < -0.39 is 60.7 Å². The molecule has 0 aliphatic carbocycles. The summed E-state index contributed by atoms with van der Waals surface area (Å²) in [4.78, 5) is 67.6. The summed E-state index contributed by atoms with van der Waals surface area (Å²) in [5.74, 6) is -4.47. The number of benzene rings is 1. The van der Waals surface area contributed by atoms with Crippen molar-refractivity contribution in [1.82, 2.24) is 20.9 Å². The number of carbonyl (C=O) groups is 5. The average molecular weight is 532 g/mol. The number of nitrogens with two attached hydrogens (primary N) is 4. The predicted octanol–water partition coefficient (Wildman–Crippen LogP) is -2.86. The number of hydrogen-bond donors (Lipinski definition) is 9. The number of H-pyrrole nitrogens is 1. The van der Waals surface area contributed by atoms with Crippen molar-refractivity contribution < 1.29 is 29.1 Å². The third kappa shape index (κ3) is 9.42. The summed E-state index contributed by atoms with van der Waals surface area (Å²) >= 11 is 0. The Kier molecular flexibility index (Phi) is 11.0. The highest BCUT2D eigenvalue weighted by Crippen LogP contribution is 2.19. The van der Waals surface area contributed by atoms with E-state index in [1.807, 2.05) is 24.3 Å². The lowest BCUT2D eigenvalue weighted by atomic mass is 10.0. The molecule has 15 nitrogen and oxygen atoms in total. The van der Waals surface area contributed by atoms with Gasteiger partial charge in [0, 0.05) is 30.1 Å². The Balaban J connectivity index is 2.24. The molecule has 0 fully saturated rings. The third-order valence-electron chi connectivity index (χ3n) is 5.48. The third-order valence-corrected chi connectivity index (χ3v) is 5.48. The largest absolute Gasteiger partial charge is 0.480 e. The van der Waals surface area contributed by atoms with Crippen LogP contribution in [0.15, 0.2) is 35.5 Å². The minimum absolute atomic E-state index is 0.0249. The Morgan fingerprint density at radius 2 is 1.66 bits per heavy atom. The van der Waals surface area contributed by atoms with Crippen molar-refractivity contribution in [3.05, 3.63) is 36.0 Å². The Morgan fingerprint density at radius 3 is 2.32 bits per heavy atom. The summed E-state index contributed by atoms with van der Waals surface area (Å²) in [5, 5.41) is 17.1. The average Bonchev–Trinajstić information content (AvgIpc) is 3.25. The number of carbonyl (C=O) groups excluding carboxylic acids is 4. The van der Waals surface area contributed by atoms with Crippen LogP contribution in [0.3, 0.4) is 0 Å². The van der Waals surface area contributed by atoms with Gasteiger partial charge in [0.25, 0.3) is 0 Å². The molecule has 0 aliphatic rings. The van der Waals surface area contributed by atoms with Crippen LogP contribution in [0.1, 0.15) is 24.8 Å². The summed E-state index contributed by atoms with van der Waals surface area (Å²) in [7, 11) is 0. The summed E-state index contributed by atoms with van der Waals surface area (Å²) in [6.07, 6.45) is 1.62. The molecule has 1 heterocycles. The number of primary amides is 1. The fraction of sp³-hybridized carbons (Fsp3) is 0.391. The van der Waals surface area contributed by atoms with Crippen molar-refractivity contribution in [1.29, 1.82) is 0 Å². The van der Waals surface area contributed by atoms with Crippen molar-refractivity contribution in [3.8, 4) is 0 Å². The zero-order valence-electron chi connectivity index (χ0n) is 20.6. The number of aromatic amines is 1. The second-order valence-corrected chi connectivity index (χ2v) is 8.52. The topological polar surface area (TPSA) is 274 Å². The van der Waals surface area contributed by atoms with E-state index in [2.05, 4.69) is 25.9 Å². The van der Waals surface area contributed by atoms with Crippen LogP contribution in [0.5, 0.6) is 0 Å². The first-order valence-corrected chi connectivity index (χ1v) is 11.7. The fourth-order valence-corrected chi connectivity index (χ4v) is 3.65. The molecule has 15 heteroatoms. The van der Waals surface area contributed by atoms with Gasteiger partial charge in [0.1, 0.15) is 18.6 Å². The molecule has 0 bridgehead atoms. The minimum Gasteiger partial charge on any atom is -0.480 e. The minimum atomic E-state index is -1.29. The Labute approximate surface area is 217 Å². The molecule has 2 aromatic rings. The van der Waals surface area contributed by atoms with Gasteiger partial charge in [-0.3, -0.25) is 29.0 Å². The van der Waals surface area contributed by atoms with Crippen LogP contribution >= 0.6 is 0 Å². The van der Waals surface area contributed by atoms with Crippen LogP contribution in [0, 0.1) is 0 Å². The van der Waals surface area contributed by atoms with E-state index in [1.165, 1.54) is 0 Å². The Morgan fingerprint density at radius 1 is 0.974 bits per heavy atom. The fourth-order valence-electron chi connectivity index (χ4n) is 3.65. The maximum Gasteiger partial charge on any atom is 0.322 e. The molecule has 0 aliphatic heterocycles. The number of guanidine groups is 1. The van der Waals surface area contributed by atoms with Crippen LogP contribution in [0.2, 0.25) is 0 Å². The van der Waals surface area contributed by atoms with Gasteiger partial charge in [0.05, 0.1) is 12.5 Å². The van der Waals surface area contributed by atoms with Gasteiger partial charge in [-0.05, 0) is 24.5 Å². The highest BCUT2D eigenvalue weighted by atomic mass is 16.4. The summed E-state index contributed by atoms with van der Waals surface area (Å²) < 4.78 is 0. The molecule has 0 radical (unpaired) electrons. The smallest absolute Gasteiger partial charge is 0.322 e. The maximum atomic E-state index is 13.2. The van der Waals surface area contributed by atoms with E-state index in [0.29, 0.717) is 5.56 Å². The monoisotopic (exact) mass is 531 g/mol. The SMILES string of the molecule is NC(=O)CC(N)C(=O)NC(CCCN=C(N)N)C(=O)NC(Cc1c[nH]c2ccccc12)C(=O)NCC(=O)O. The Bertz CT molecular complexity index is 1190. The van der Waals surface area contributed by atoms with Gasteiger partial charge in [-0.25, -0.2) is 0 Å². The van der Waals surface area contributed by atoms with Gasteiger partial charge in [-0.1, -0.05) is 18.2 Å². The van der Waals surface area contributed by atoms with E-state index in [1.54, 1.807) is 6.20 Å². The molecule has 2 rings (SSSR count). The first-order valence-electron chi connectivity index (χ1n) is 11.7. The number of carboxylic acids is 1.